The van der Waals surface area contributed by atoms with Gasteiger partial charge in [0.05, 0.1) is 6.61 Å². The highest BCUT2D eigenvalue weighted by Gasteiger charge is 2.38. The molecule has 2 aromatic heterocycles. The van der Waals surface area contributed by atoms with Gasteiger partial charge in [-0.2, -0.15) is 13.2 Å². The lowest BCUT2D eigenvalue weighted by Gasteiger charge is -2.34. The Morgan fingerprint density at radius 1 is 1.13 bits per heavy atom. The molecule has 1 saturated heterocycles. The van der Waals surface area contributed by atoms with Gasteiger partial charge < -0.3 is 14.7 Å². The second-order valence-electron chi connectivity index (χ2n) is 6.18. The predicted molar refractivity (Wildman–Crippen MR) is 98.9 cm³/mol. The molecule has 0 bridgehead atoms. The molecule has 0 aromatic carbocycles. The molecule has 3 heterocycles. The third-order valence-electron chi connectivity index (χ3n) is 4.13. The average Bonchev–Trinajstić information content (AvgIpc) is 3.17. The van der Waals surface area contributed by atoms with Crippen LogP contribution in [-0.2, 0) is 16.1 Å². The first kappa shape index (κ1) is 23.1. The zero-order valence-electron chi connectivity index (χ0n) is 16.2. The van der Waals surface area contributed by atoms with E-state index in [1.54, 1.807) is 23.4 Å². The Morgan fingerprint density at radius 2 is 1.73 bits per heavy atom. The maximum atomic E-state index is 11.7. The number of halogens is 3. The van der Waals surface area contributed by atoms with Gasteiger partial charge in [0.25, 0.3) is 0 Å². The third-order valence-corrected chi connectivity index (χ3v) is 4.13. The van der Waals surface area contributed by atoms with Gasteiger partial charge in [0.1, 0.15) is 0 Å². The fourth-order valence-corrected chi connectivity index (χ4v) is 2.69. The molecule has 0 atom stereocenters. The number of aromatic nitrogens is 3. The number of carboxylic acids is 1. The minimum absolute atomic E-state index is 0.215. The minimum atomic E-state index is -5.08. The van der Waals surface area contributed by atoms with Crippen molar-refractivity contribution in [3.8, 4) is 5.95 Å². The van der Waals surface area contributed by atoms with Gasteiger partial charge in [-0.1, -0.05) is 0 Å². The van der Waals surface area contributed by atoms with Crippen LogP contribution in [0.3, 0.4) is 0 Å². The van der Waals surface area contributed by atoms with Crippen molar-refractivity contribution >= 4 is 12.1 Å². The van der Waals surface area contributed by atoms with E-state index in [4.69, 9.17) is 14.6 Å². The molecular weight excluding hydrogens is 407 g/mol. The molecular formula is C18H22F3N5O4. The normalized spacial score (nSPS) is 14.6. The molecule has 0 aliphatic carbocycles. The summed E-state index contributed by atoms with van der Waals surface area (Å²) in [5.41, 5.74) is 1.14. The monoisotopic (exact) mass is 429 g/mol. The van der Waals surface area contributed by atoms with E-state index in [1.165, 1.54) is 0 Å². The van der Waals surface area contributed by atoms with Crippen molar-refractivity contribution in [3.63, 3.8) is 0 Å². The van der Waals surface area contributed by atoms with E-state index >= 15 is 0 Å². The number of nitrogens with zero attached hydrogens (tertiary/aromatic N) is 5. The highest BCUT2D eigenvalue weighted by molar-refractivity contribution is 5.73. The fraction of sp³-hybridized carbons (Fsp3) is 0.444. The van der Waals surface area contributed by atoms with Crippen LogP contribution in [0, 0.1) is 0 Å². The second kappa shape index (κ2) is 10.6. The Labute approximate surface area is 170 Å². The first-order valence-electron chi connectivity index (χ1n) is 9.10. The number of carbonyl (C=O) groups is 2. The van der Waals surface area contributed by atoms with E-state index < -0.39 is 12.1 Å². The van der Waals surface area contributed by atoms with Crippen molar-refractivity contribution in [3.05, 3.63) is 42.5 Å². The van der Waals surface area contributed by atoms with E-state index in [0.717, 1.165) is 25.3 Å². The predicted octanol–water partition coefficient (Wildman–Crippen LogP) is 2.17. The van der Waals surface area contributed by atoms with Gasteiger partial charge in [0, 0.05) is 57.0 Å². The van der Waals surface area contributed by atoms with Crippen LogP contribution < -0.4 is 0 Å². The Bertz CT molecular complexity index is 821. The SMILES string of the molecule is CCOC(=O)N1CCN(Cc2cccn2-c2ncccn2)CC1.O=C(O)C(F)(F)F. The molecule has 9 nitrogen and oxygen atoms in total. The lowest BCUT2D eigenvalue weighted by atomic mass is 10.3. The highest BCUT2D eigenvalue weighted by Crippen LogP contribution is 2.14. The average molecular weight is 429 g/mol. The van der Waals surface area contributed by atoms with Crippen molar-refractivity contribution in [1.29, 1.82) is 0 Å². The molecule has 1 fully saturated rings. The number of hydrogen-bond acceptors (Lipinski definition) is 6. The van der Waals surface area contributed by atoms with Crippen LogP contribution in [0.1, 0.15) is 12.6 Å². The number of rotatable bonds is 4. The molecule has 1 aliphatic rings. The van der Waals surface area contributed by atoms with E-state index in [-0.39, 0.29) is 6.09 Å². The van der Waals surface area contributed by atoms with Crippen molar-refractivity contribution in [2.24, 2.45) is 0 Å². The maximum Gasteiger partial charge on any atom is 0.490 e. The summed E-state index contributed by atoms with van der Waals surface area (Å²) >= 11 is 0. The van der Waals surface area contributed by atoms with Crippen LogP contribution in [0.4, 0.5) is 18.0 Å². The summed E-state index contributed by atoms with van der Waals surface area (Å²) in [5, 5.41) is 7.12. The largest absolute Gasteiger partial charge is 0.490 e. The van der Waals surface area contributed by atoms with E-state index in [9.17, 15) is 18.0 Å². The molecule has 0 saturated carbocycles. The molecule has 1 aliphatic heterocycles. The van der Waals surface area contributed by atoms with Gasteiger partial charge in [-0.15, -0.1) is 0 Å². The second-order valence-corrected chi connectivity index (χ2v) is 6.18. The molecule has 0 unspecified atom stereocenters. The Kier molecular flexibility index (Phi) is 8.16. The Morgan fingerprint density at radius 3 is 2.27 bits per heavy atom. The molecule has 0 spiro atoms. The van der Waals surface area contributed by atoms with Crippen LogP contribution in [0.5, 0.6) is 0 Å². The zero-order valence-corrected chi connectivity index (χ0v) is 16.2. The van der Waals surface area contributed by atoms with Crippen LogP contribution in [0.2, 0.25) is 0 Å². The van der Waals surface area contributed by atoms with Crippen LogP contribution in [0.15, 0.2) is 36.8 Å². The lowest BCUT2D eigenvalue weighted by Crippen LogP contribution is -2.48. The van der Waals surface area contributed by atoms with Crippen LogP contribution >= 0.6 is 0 Å². The molecule has 1 amide bonds. The summed E-state index contributed by atoms with van der Waals surface area (Å²) < 4.78 is 38.8. The van der Waals surface area contributed by atoms with Gasteiger partial charge >= 0.3 is 18.2 Å². The summed E-state index contributed by atoms with van der Waals surface area (Å²) in [6, 6.07) is 5.88. The fourth-order valence-electron chi connectivity index (χ4n) is 2.69. The van der Waals surface area contributed by atoms with Gasteiger partial charge in [-0.25, -0.2) is 19.6 Å². The first-order chi connectivity index (χ1) is 14.2. The number of carboxylic acid groups (broad SMARTS) is 1. The van der Waals surface area contributed by atoms with Gasteiger partial charge in [0.2, 0.25) is 5.95 Å². The minimum Gasteiger partial charge on any atom is -0.475 e. The smallest absolute Gasteiger partial charge is 0.475 e. The number of amides is 1. The molecule has 0 radical (unpaired) electrons. The van der Waals surface area contributed by atoms with Gasteiger partial charge in [0.15, 0.2) is 0 Å². The van der Waals surface area contributed by atoms with Crippen LogP contribution in [-0.4, -0.2) is 80.5 Å². The summed E-state index contributed by atoms with van der Waals surface area (Å²) in [6.07, 6.45) is 0.154. The third kappa shape index (κ3) is 6.72. The molecule has 1 N–H and O–H groups in total. The first-order valence-corrected chi connectivity index (χ1v) is 9.10. The topological polar surface area (TPSA) is 101 Å². The van der Waals surface area contributed by atoms with Crippen LogP contribution in [0.25, 0.3) is 5.95 Å². The highest BCUT2D eigenvalue weighted by atomic mass is 19.4. The van der Waals surface area contributed by atoms with Gasteiger partial charge in [-0.05, 0) is 25.1 Å². The number of alkyl halides is 3. The van der Waals surface area contributed by atoms with E-state index in [2.05, 4.69) is 20.9 Å². The Balaban J connectivity index is 0.000000396. The number of ether oxygens (including phenoxy) is 1. The Hall–Kier alpha value is -3.15. The van der Waals surface area contributed by atoms with Crippen molar-refractivity contribution < 1.29 is 32.6 Å². The lowest BCUT2D eigenvalue weighted by molar-refractivity contribution is -0.192. The molecule has 3 rings (SSSR count). The molecule has 164 valence electrons. The van der Waals surface area contributed by atoms with Crippen molar-refractivity contribution in [2.45, 2.75) is 19.6 Å². The van der Waals surface area contributed by atoms with E-state index in [1.807, 2.05) is 23.8 Å². The maximum absolute atomic E-state index is 11.7. The molecule has 12 heteroatoms. The number of piperazine rings is 1. The van der Waals surface area contributed by atoms with Gasteiger partial charge in [-0.3, -0.25) is 9.47 Å². The standard InChI is InChI=1S/C16H21N5O2.C2HF3O2/c1-2-23-16(22)20-11-9-19(10-12-20)13-14-5-3-8-21(14)15-17-6-4-7-18-15;3-2(4,5)1(6)7/h3-8H,2,9-13H2,1H3;(H,6,7). The number of carbonyl (C=O) groups excluding carboxylic acids is 1. The number of hydrogen-bond donors (Lipinski definition) is 1. The zero-order chi connectivity index (χ0) is 22.1. The number of aliphatic carboxylic acids is 1. The summed E-state index contributed by atoms with van der Waals surface area (Å²) in [6.45, 7) is 6.11. The van der Waals surface area contributed by atoms with E-state index in [0.29, 0.717) is 25.6 Å². The van der Waals surface area contributed by atoms with Crippen molar-refractivity contribution in [1.82, 2.24) is 24.3 Å². The quantitative estimate of drug-likeness (QED) is 0.795. The summed E-state index contributed by atoms with van der Waals surface area (Å²) in [4.78, 5) is 33.3. The molecule has 2 aromatic rings. The summed E-state index contributed by atoms with van der Waals surface area (Å²) in [7, 11) is 0. The van der Waals surface area contributed by atoms with Crippen molar-refractivity contribution in [2.75, 3.05) is 32.8 Å². The molecule has 30 heavy (non-hydrogen) atoms. The summed E-state index contributed by atoms with van der Waals surface area (Å²) in [5.74, 6) is -2.08.